The summed E-state index contributed by atoms with van der Waals surface area (Å²) in [5.41, 5.74) is 10.2. The number of carboxylic acid groups (broad SMARTS) is 1. The van der Waals surface area contributed by atoms with Crippen molar-refractivity contribution in [3.63, 3.8) is 0 Å². The van der Waals surface area contributed by atoms with E-state index in [9.17, 15) is 18.0 Å². The number of halogens is 3. The number of pyridine rings is 1. The second-order valence-corrected chi connectivity index (χ2v) is 9.65. The van der Waals surface area contributed by atoms with E-state index in [1.165, 1.54) is 31.0 Å². The molecule has 0 spiro atoms. The number of carbonyl (C=O) groups excluding carboxylic acids is 1. The molecule has 0 unspecified atom stereocenters. The third-order valence-electron chi connectivity index (χ3n) is 5.65. The molecule has 1 aliphatic carbocycles. The Balaban J connectivity index is 0.000000854. The normalized spacial score (nSPS) is 14.6. The average molecular weight is 596 g/mol. The lowest BCUT2D eigenvalue weighted by Crippen LogP contribution is -2.26. The molecule has 1 atom stereocenters. The summed E-state index contributed by atoms with van der Waals surface area (Å²) in [6, 6.07) is 12.0. The molecule has 1 aromatic heterocycles. The Kier molecular flexibility index (Phi) is 19.9. The van der Waals surface area contributed by atoms with Gasteiger partial charge in [0.2, 0.25) is 0 Å². The number of hydrogen-bond acceptors (Lipinski definition) is 8. The largest absolute Gasteiger partial charge is 0.483 e. The number of anilines is 1. The first-order valence-corrected chi connectivity index (χ1v) is 13.4. The van der Waals surface area contributed by atoms with Gasteiger partial charge in [0, 0.05) is 44.6 Å². The molecule has 3 rings (SSSR count). The number of hydrogen-bond donors (Lipinski definition) is 3. The van der Waals surface area contributed by atoms with Crippen molar-refractivity contribution in [3.05, 3.63) is 66.3 Å². The van der Waals surface area contributed by atoms with E-state index in [0.29, 0.717) is 17.3 Å². The summed E-state index contributed by atoms with van der Waals surface area (Å²) in [6.45, 7) is 2.77. The Hall–Kier alpha value is -3.77. The van der Waals surface area contributed by atoms with Crippen LogP contribution in [0.1, 0.15) is 51.5 Å². The molecule has 0 amide bonds. The van der Waals surface area contributed by atoms with Crippen LogP contribution >= 0.6 is 0 Å². The van der Waals surface area contributed by atoms with E-state index in [1.807, 2.05) is 31.2 Å². The van der Waals surface area contributed by atoms with Crippen LogP contribution in [-0.4, -0.2) is 66.9 Å². The fraction of sp³-hybridized carbons (Fsp3) is 0.467. The fourth-order valence-electron chi connectivity index (χ4n) is 3.72. The lowest BCUT2D eigenvalue weighted by molar-refractivity contribution is -0.123. The van der Waals surface area contributed by atoms with Gasteiger partial charge in [0.05, 0.1) is 29.4 Å². The number of carbonyl (C=O) groups is 2. The monoisotopic (exact) mass is 595 g/mol. The summed E-state index contributed by atoms with van der Waals surface area (Å²) in [6.07, 6.45) is 7.96. The third-order valence-corrected chi connectivity index (χ3v) is 5.65. The number of nitrogens with zero attached hydrogens (tertiary/aromatic N) is 3. The van der Waals surface area contributed by atoms with Crippen molar-refractivity contribution in [3.8, 4) is 0 Å². The number of aliphatic imine (C=N–C) groups is 1. The van der Waals surface area contributed by atoms with Crippen LogP contribution in [-0.2, 0) is 20.9 Å². The Morgan fingerprint density at radius 1 is 1.19 bits per heavy atom. The minimum absolute atomic E-state index is 0.188. The predicted octanol–water partition coefficient (Wildman–Crippen LogP) is 6.20. The molecule has 42 heavy (non-hydrogen) atoms. The van der Waals surface area contributed by atoms with Crippen LogP contribution in [0.2, 0.25) is 0 Å². The van der Waals surface area contributed by atoms with Crippen molar-refractivity contribution in [1.82, 2.24) is 9.88 Å². The van der Waals surface area contributed by atoms with E-state index in [4.69, 9.17) is 20.4 Å². The van der Waals surface area contributed by atoms with Crippen LogP contribution in [0, 0.1) is 5.92 Å². The number of ether oxygens (including phenoxy) is 1. The van der Waals surface area contributed by atoms with Gasteiger partial charge in [0.1, 0.15) is 6.29 Å². The zero-order valence-electron chi connectivity index (χ0n) is 25.0. The standard InChI is InChI=1S/C20H27N5O.C7H12O.C2H3F3.CH2O2/c1-15(26-4)20(24-18-6-5-11-22-13-18)19(12-21)23-17-9-7-16(8-10-17)14-25(2)3;8-6-7-4-2-1-3-5-7;1-2(3,4)5;2-1-3/h5-13,15,23H,14,21H2,1-4H3;6-7H,1-5H2;1H3;1H,(H,2,3)/b19-12+,24-20?;;;/t15-;;;/m0.../s1. The maximum Gasteiger partial charge on any atom is 0.386 e. The first-order valence-electron chi connectivity index (χ1n) is 13.4. The summed E-state index contributed by atoms with van der Waals surface area (Å²) in [5, 5.41) is 10.2. The first-order chi connectivity index (χ1) is 19.9. The minimum Gasteiger partial charge on any atom is -0.483 e. The molecule has 2 aromatic rings. The summed E-state index contributed by atoms with van der Waals surface area (Å²) in [7, 11) is 5.75. The summed E-state index contributed by atoms with van der Waals surface area (Å²) in [4.78, 5) is 29.4. The summed E-state index contributed by atoms with van der Waals surface area (Å²) < 4.78 is 36.5. The maximum atomic E-state index is 10.4. The number of alkyl halides is 3. The second-order valence-electron chi connectivity index (χ2n) is 9.65. The maximum absolute atomic E-state index is 10.4. The number of nitrogens with one attached hydrogen (secondary N) is 1. The van der Waals surface area contributed by atoms with Gasteiger partial charge in [-0.05, 0) is 63.7 Å². The SMILES string of the molecule is CC(F)(F)F.CO[C@@H](C)C(=Nc1cccnc1)/C(=C\N)Nc1ccc(CN(C)C)cc1.O=CC1CCCCC1.O=CO. The molecule has 4 N–H and O–H groups in total. The number of aldehydes is 1. The van der Waals surface area contributed by atoms with E-state index in [2.05, 4.69) is 46.4 Å². The molecule has 1 aromatic carbocycles. The van der Waals surface area contributed by atoms with Gasteiger partial charge in [-0.1, -0.05) is 31.4 Å². The zero-order valence-corrected chi connectivity index (χ0v) is 25.0. The molecule has 1 saturated carbocycles. The molecular formula is C30H44F3N5O4. The second kappa shape index (κ2) is 21.9. The van der Waals surface area contributed by atoms with Crippen molar-refractivity contribution in [1.29, 1.82) is 0 Å². The predicted molar refractivity (Wildman–Crippen MR) is 161 cm³/mol. The number of nitrogens with two attached hydrogens (primary N) is 1. The summed E-state index contributed by atoms with van der Waals surface area (Å²) >= 11 is 0. The van der Waals surface area contributed by atoms with Gasteiger partial charge < -0.3 is 30.6 Å². The molecule has 0 bridgehead atoms. The highest BCUT2D eigenvalue weighted by Crippen LogP contribution is 2.21. The number of rotatable bonds is 9. The highest BCUT2D eigenvalue weighted by Gasteiger charge is 2.16. The van der Waals surface area contributed by atoms with E-state index in [0.717, 1.165) is 37.0 Å². The Bertz CT molecular complexity index is 1050. The van der Waals surface area contributed by atoms with Gasteiger partial charge in [-0.15, -0.1) is 0 Å². The van der Waals surface area contributed by atoms with Crippen LogP contribution in [0.25, 0.3) is 0 Å². The highest BCUT2D eigenvalue weighted by atomic mass is 19.4. The lowest BCUT2D eigenvalue weighted by Gasteiger charge is -2.18. The molecule has 0 saturated heterocycles. The molecule has 234 valence electrons. The van der Waals surface area contributed by atoms with Crippen LogP contribution < -0.4 is 11.1 Å². The minimum atomic E-state index is -4.00. The number of aromatic nitrogens is 1. The molecule has 12 heteroatoms. The van der Waals surface area contributed by atoms with E-state index in [-0.39, 0.29) is 19.5 Å². The van der Waals surface area contributed by atoms with Crippen LogP contribution in [0.3, 0.4) is 0 Å². The zero-order chi connectivity index (χ0) is 32.0. The van der Waals surface area contributed by atoms with Crippen molar-refractivity contribution in [2.75, 3.05) is 26.5 Å². The number of benzene rings is 1. The molecule has 1 fully saturated rings. The molecule has 0 aliphatic heterocycles. The van der Waals surface area contributed by atoms with Crippen molar-refractivity contribution < 1.29 is 32.6 Å². The Morgan fingerprint density at radius 3 is 2.17 bits per heavy atom. The molecule has 9 nitrogen and oxygen atoms in total. The quantitative estimate of drug-likeness (QED) is 0.231. The van der Waals surface area contributed by atoms with Crippen molar-refractivity contribution in [2.45, 2.75) is 64.8 Å². The van der Waals surface area contributed by atoms with Crippen molar-refractivity contribution in [2.24, 2.45) is 16.6 Å². The van der Waals surface area contributed by atoms with Gasteiger partial charge in [-0.3, -0.25) is 9.78 Å². The van der Waals surface area contributed by atoms with Gasteiger partial charge in [-0.2, -0.15) is 13.2 Å². The van der Waals surface area contributed by atoms with Gasteiger partial charge in [-0.25, -0.2) is 4.99 Å². The van der Waals surface area contributed by atoms with Crippen LogP contribution in [0.15, 0.2) is 65.7 Å². The average Bonchev–Trinajstić information content (AvgIpc) is 2.96. The highest BCUT2D eigenvalue weighted by molar-refractivity contribution is 6.06. The first kappa shape index (κ1) is 38.2. The Morgan fingerprint density at radius 2 is 1.76 bits per heavy atom. The number of methoxy groups -OCH3 is 1. The van der Waals surface area contributed by atoms with Gasteiger partial charge >= 0.3 is 6.18 Å². The Labute approximate surface area is 246 Å². The fourth-order valence-corrected chi connectivity index (χ4v) is 3.72. The molecular weight excluding hydrogens is 551 g/mol. The third kappa shape index (κ3) is 19.3. The molecule has 1 aliphatic rings. The van der Waals surface area contributed by atoms with E-state index < -0.39 is 6.18 Å². The molecule has 0 radical (unpaired) electrons. The van der Waals surface area contributed by atoms with E-state index >= 15 is 0 Å². The molecule has 1 heterocycles. The summed E-state index contributed by atoms with van der Waals surface area (Å²) in [5.74, 6) is 0.406. The van der Waals surface area contributed by atoms with Crippen molar-refractivity contribution >= 4 is 29.8 Å². The van der Waals surface area contributed by atoms with Gasteiger partial charge in [0.15, 0.2) is 0 Å². The van der Waals surface area contributed by atoms with Crippen LogP contribution in [0.4, 0.5) is 24.5 Å². The van der Waals surface area contributed by atoms with E-state index in [1.54, 1.807) is 19.5 Å². The topological polar surface area (TPSA) is 130 Å². The lowest BCUT2D eigenvalue weighted by atomic mass is 9.91. The van der Waals surface area contributed by atoms with Gasteiger partial charge in [0.25, 0.3) is 6.47 Å². The smallest absolute Gasteiger partial charge is 0.386 e. The van der Waals surface area contributed by atoms with Crippen LogP contribution in [0.5, 0.6) is 0 Å².